The second-order valence-electron chi connectivity index (χ2n) is 7.52. The number of halogens is 1. The fraction of sp³-hybridized carbons (Fsp3) is 0.286. The first-order valence-corrected chi connectivity index (χ1v) is 9.76. The molecule has 8 nitrogen and oxygen atoms in total. The highest BCUT2D eigenvalue weighted by Gasteiger charge is 2.28. The first-order chi connectivity index (χ1) is 14.7. The minimum absolute atomic E-state index is 0.325. The predicted molar refractivity (Wildman–Crippen MR) is 109 cm³/mol. The number of rotatable bonds is 3. The van der Waals surface area contributed by atoms with E-state index in [0.29, 0.717) is 17.0 Å². The highest BCUT2D eigenvalue weighted by molar-refractivity contribution is 5.98. The Hall–Kier alpha value is -3.80. The lowest BCUT2D eigenvalue weighted by Crippen LogP contribution is -2.34. The summed E-state index contributed by atoms with van der Waals surface area (Å²) in [6, 6.07) is 7.38. The Balaban J connectivity index is 1.58. The summed E-state index contributed by atoms with van der Waals surface area (Å²) >= 11 is 0. The van der Waals surface area contributed by atoms with Crippen LogP contribution in [0.25, 0.3) is 22.0 Å². The van der Waals surface area contributed by atoms with Gasteiger partial charge in [-0.25, -0.2) is 4.98 Å². The molecule has 1 fully saturated rings. The van der Waals surface area contributed by atoms with Crippen LogP contribution in [-0.2, 0) is 7.05 Å². The second kappa shape index (κ2) is 7.22. The molecule has 1 N–H and O–H groups in total. The molecule has 150 valence electrons. The van der Waals surface area contributed by atoms with Gasteiger partial charge in [-0.05, 0) is 31.0 Å². The number of aryl methyl sites for hydroxylation is 1. The van der Waals surface area contributed by atoms with Crippen molar-refractivity contribution in [1.29, 1.82) is 5.26 Å². The third kappa shape index (κ3) is 2.97. The lowest BCUT2D eigenvalue weighted by Gasteiger charge is -2.35. The molecule has 0 saturated carbocycles. The number of aromatic amines is 1. The van der Waals surface area contributed by atoms with Gasteiger partial charge in [0.25, 0.3) is 0 Å². The summed E-state index contributed by atoms with van der Waals surface area (Å²) in [4.78, 5) is 6.04. The van der Waals surface area contributed by atoms with Gasteiger partial charge in [-0.2, -0.15) is 14.8 Å². The Kier molecular flexibility index (Phi) is 4.39. The largest absolute Gasteiger partial charge is 0.370 e. The number of aromatic nitrogens is 6. The van der Waals surface area contributed by atoms with Crippen LogP contribution in [0.4, 0.5) is 10.1 Å². The van der Waals surface area contributed by atoms with Crippen LogP contribution in [0.2, 0.25) is 0 Å². The first-order valence-electron chi connectivity index (χ1n) is 9.76. The van der Waals surface area contributed by atoms with E-state index < -0.39 is 5.95 Å². The van der Waals surface area contributed by atoms with Crippen molar-refractivity contribution < 1.29 is 4.39 Å². The number of nitriles is 1. The van der Waals surface area contributed by atoms with Crippen molar-refractivity contribution in [2.75, 3.05) is 18.0 Å². The maximum Gasteiger partial charge on any atom is 0.212 e. The number of anilines is 1. The predicted octanol–water partition coefficient (Wildman–Crippen LogP) is 3.15. The third-order valence-corrected chi connectivity index (χ3v) is 5.78. The summed E-state index contributed by atoms with van der Waals surface area (Å²) in [7, 11) is 1.96. The summed E-state index contributed by atoms with van der Waals surface area (Å²) in [6.45, 7) is 1.54. The molecule has 3 aromatic heterocycles. The normalized spacial score (nSPS) is 14.9. The topological polar surface area (TPSA) is 99.3 Å². The molecule has 1 aromatic carbocycles. The molecular weight excluding hydrogens is 383 g/mol. The van der Waals surface area contributed by atoms with Crippen LogP contribution < -0.4 is 4.90 Å². The van der Waals surface area contributed by atoms with E-state index in [2.05, 4.69) is 36.3 Å². The average Bonchev–Trinajstić information content (AvgIpc) is 3.42. The zero-order chi connectivity index (χ0) is 20.7. The van der Waals surface area contributed by atoms with Crippen molar-refractivity contribution in [2.45, 2.75) is 18.8 Å². The van der Waals surface area contributed by atoms with E-state index in [1.54, 1.807) is 18.6 Å². The van der Waals surface area contributed by atoms with E-state index >= 15 is 0 Å². The summed E-state index contributed by atoms with van der Waals surface area (Å²) < 4.78 is 15.4. The zero-order valence-corrected chi connectivity index (χ0v) is 16.4. The molecule has 5 rings (SSSR count). The van der Waals surface area contributed by atoms with Gasteiger partial charge in [0.1, 0.15) is 23.8 Å². The fourth-order valence-corrected chi connectivity index (χ4v) is 4.30. The van der Waals surface area contributed by atoms with Crippen LogP contribution in [0, 0.1) is 17.3 Å². The minimum Gasteiger partial charge on any atom is -0.370 e. The SMILES string of the molecule is Cn1cnnc1C1CCN(c2c(-c3ccc(F)nc3)cc3cn[nH]c3c2C#N)CC1. The van der Waals surface area contributed by atoms with Crippen molar-refractivity contribution in [3.63, 3.8) is 0 Å². The van der Waals surface area contributed by atoms with Gasteiger partial charge in [-0.1, -0.05) is 0 Å². The number of fused-ring (bicyclic) bond motifs is 1. The van der Waals surface area contributed by atoms with Gasteiger partial charge >= 0.3 is 0 Å². The minimum atomic E-state index is -0.533. The zero-order valence-electron chi connectivity index (χ0n) is 16.4. The van der Waals surface area contributed by atoms with Crippen LogP contribution >= 0.6 is 0 Å². The fourth-order valence-electron chi connectivity index (χ4n) is 4.30. The molecule has 9 heteroatoms. The smallest absolute Gasteiger partial charge is 0.212 e. The number of H-pyrrole nitrogens is 1. The molecule has 1 aliphatic heterocycles. The first kappa shape index (κ1) is 18.2. The Bertz CT molecular complexity index is 1240. The van der Waals surface area contributed by atoms with Gasteiger partial charge in [0.05, 0.1) is 17.4 Å². The monoisotopic (exact) mass is 402 g/mol. The molecule has 30 heavy (non-hydrogen) atoms. The molecule has 0 amide bonds. The maximum absolute atomic E-state index is 13.4. The summed E-state index contributed by atoms with van der Waals surface area (Å²) in [6.07, 6.45) is 6.73. The van der Waals surface area contributed by atoms with E-state index in [9.17, 15) is 9.65 Å². The van der Waals surface area contributed by atoms with Crippen LogP contribution in [0.1, 0.15) is 30.1 Å². The van der Waals surface area contributed by atoms with Crippen molar-refractivity contribution >= 4 is 16.6 Å². The Morgan fingerprint density at radius 3 is 2.73 bits per heavy atom. The van der Waals surface area contributed by atoms with E-state index in [0.717, 1.165) is 54.0 Å². The summed E-state index contributed by atoms with van der Waals surface area (Å²) in [5, 5.41) is 26.2. The van der Waals surface area contributed by atoms with Gasteiger partial charge in [0.2, 0.25) is 5.95 Å². The molecule has 4 aromatic rings. The van der Waals surface area contributed by atoms with Crippen LogP contribution in [0.3, 0.4) is 0 Å². The van der Waals surface area contributed by atoms with E-state index in [1.807, 2.05) is 17.7 Å². The third-order valence-electron chi connectivity index (χ3n) is 5.78. The van der Waals surface area contributed by atoms with E-state index in [4.69, 9.17) is 0 Å². The number of piperidine rings is 1. The molecule has 1 saturated heterocycles. The van der Waals surface area contributed by atoms with Crippen molar-refractivity contribution in [3.8, 4) is 17.2 Å². The molecule has 1 aliphatic rings. The molecule has 0 radical (unpaired) electrons. The number of hydrogen-bond acceptors (Lipinski definition) is 6. The molecule has 0 aliphatic carbocycles. The summed E-state index contributed by atoms with van der Waals surface area (Å²) in [5.41, 5.74) is 3.70. The van der Waals surface area contributed by atoms with Gasteiger partial charge in [0, 0.05) is 48.8 Å². The second-order valence-corrected chi connectivity index (χ2v) is 7.52. The van der Waals surface area contributed by atoms with Gasteiger partial charge in [-0.3, -0.25) is 5.10 Å². The lowest BCUT2D eigenvalue weighted by atomic mass is 9.92. The highest BCUT2D eigenvalue weighted by atomic mass is 19.1. The van der Waals surface area contributed by atoms with Crippen molar-refractivity contribution in [1.82, 2.24) is 29.9 Å². The molecule has 4 heterocycles. The molecular formula is C21H19FN8. The van der Waals surface area contributed by atoms with Crippen LogP contribution in [0.5, 0.6) is 0 Å². The molecule has 0 unspecified atom stereocenters. The molecule has 0 bridgehead atoms. The molecule has 0 spiro atoms. The molecule has 0 atom stereocenters. The van der Waals surface area contributed by atoms with Crippen molar-refractivity contribution in [2.24, 2.45) is 7.05 Å². The number of hydrogen-bond donors (Lipinski definition) is 1. The Morgan fingerprint density at radius 2 is 2.07 bits per heavy atom. The maximum atomic E-state index is 13.4. The van der Waals surface area contributed by atoms with Gasteiger partial charge in [-0.15, -0.1) is 10.2 Å². The van der Waals surface area contributed by atoms with E-state index in [1.165, 1.54) is 12.3 Å². The lowest BCUT2D eigenvalue weighted by molar-refractivity contribution is 0.474. The Labute approximate surface area is 172 Å². The van der Waals surface area contributed by atoms with Crippen molar-refractivity contribution in [3.05, 3.63) is 54.3 Å². The van der Waals surface area contributed by atoms with Gasteiger partial charge in [0.15, 0.2) is 0 Å². The van der Waals surface area contributed by atoms with Crippen LogP contribution in [-0.4, -0.2) is 43.0 Å². The Morgan fingerprint density at radius 1 is 1.23 bits per heavy atom. The quantitative estimate of drug-likeness (QED) is 0.529. The number of nitrogens with one attached hydrogen (secondary N) is 1. The number of pyridine rings is 1. The number of nitrogens with zero attached hydrogens (tertiary/aromatic N) is 7. The summed E-state index contributed by atoms with van der Waals surface area (Å²) in [5.74, 6) is 0.780. The number of benzene rings is 1. The van der Waals surface area contributed by atoms with Gasteiger partial charge < -0.3 is 9.47 Å². The van der Waals surface area contributed by atoms with Crippen LogP contribution in [0.15, 0.2) is 36.9 Å². The van der Waals surface area contributed by atoms with E-state index in [-0.39, 0.29) is 0 Å². The highest BCUT2D eigenvalue weighted by Crippen LogP contribution is 2.40. The average molecular weight is 402 g/mol. The standard InChI is InChI=1S/C21H19FN8/c1-29-12-26-28-21(29)13-4-6-30(7-5-13)20-16(14-2-3-18(22)24-10-14)8-15-11-25-27-19(15)17(20)9-23/h2-3,8,10-13H,4-7H2,1H3,(H,25,27).